The number of alkyl halides is 3. The van der Waals surface area contributed by atoms with Gasteiger partial charge in [-0.15, -0.1) is 0 Å². The lowest BCUT2D eigenvalue weighted by molar-refractivity contribution is -0.137. The molecule has 0 radical (unpaired) electrons. The summed E-state index contributed by atoms with van der Waals surface area (Å²) in [6.07, 6.45) is 3.30. The van der Waals surface area contributed by atoms with Crippen LogP contribution >= 0.6 is 0 Å². The third kappa shape index (κ3) is 8.41. The summed E-state index contributed by atoms with van der Waals surface area (Å²) in [6, 6.07) is 24.0. The van der Waals surface area contributed by atoms with Crippen LogP contribution in [-0.2, 0) is 24.1 Å². The minimum absolute atomic E-state index is 0.00740. The number of hydrogen-bond acceptors (Lipinski definition) is 9. The molecule has 1 spiro atoms. The fraction of sp³-hybridized carbons (Fsp3) is 0.268. The molecule has 1 saturated carbocycles. The second-order valence-corrected chi connectivity index (χ2v) is 13.5. The smallest absolute Gasteiger partial charge is 0.416 e. The molecule has 2 aliphatic rings. The number of carbonyl (C=O) groups excluding carboxylic acids is 2. The third-order valence-electron chi connectivity index (χ3n) is 9.72. The highest BCUT2D eigenvalue weighted by molar-refractivity contribution is 5.98. The molecule has 0 bridgehead atoms. The van der Waals surface area contributed by atoms with E-state index in [1.807, 2.05) is 25.1 Å². The Labute approximate surface area is 309 Å². The van der Waals surface area contributed by atoms with Crippen molar-refractivity contribution in [3.8, 4) is 0 Å². The topological polar surface area (TPSA) is 132 Å². The third-order valence-corrected chi connectivity index (χ3v) is 9.72. The van der Waals surface area contributed by atoms with Crippen molar-refractivity contribution < 1.29 is 27.5 Å². The van der Waals surface area contributed by atoms with Crippen LogP contribution in [0.3, 0.4) is 0 Å². The Balaban J connectivity index is 0.000000169. The molecule has 1 aliphatic heterocycles. The molecule has 6 aromatic rings. The number of rotatable bonds is 7. The highest BCUT2D eigenvalue weighted by atomic mass is 19.4. The number of aryl methyl sites for hydroxylation is 2. The lowest BCUT2D eigenvalue weighted by Crippen LogP contribution is -2.24. The fourth-order valence-corrected chi connectivity index (χ4v) is 6.56. The van der Waals surface area contributed by atoms with Crippen LogP contribution in [0, 0.1) is 13.8 Å². The van der Waals surface area contributed by atoms with Crippen molar-refractivity contribution in [1.29, 1.82) is 0 Å². The fourth-order valence-electron chi connectivity index (χ4n) is 6.56. The molecule has 54 heavy (non-hydrogen) atoms. The summed E-state index contributed by atoms with van der Waals surface area (Å²) < 4.78 is 43.3. The van der Waals surface area contributed by atoms with Crippen LogP contribution < -0.4 is 5.32 Å². The van der Waals surface area contributed by atoms with Crippen molar-refractivity contribution in [3.63, 3.8) is 0 Å². The average Bonchev–Trinajstić information content (AvgIpc) is 3.94. The van der Waals surface area contributed by atoms with Crippen LogP contribution in [0.4, 0.5) is 13.2 Å². The highest BCUT2D eigenvalue weighted by Gasteiger charge is 2.43. The predicted octanol–water partition coefficient (Wildman–Crippen LogP) is 9.00. The van der Waals surface area contributed by atoms with Gasteiger partial charge in [-0.25, -0.2) is 24.7 Å². The van der Waals surface area contributed by atoms with Crippen molar-refractivity contribution in [2.45, 2.75) is 70.4 Å². The van der Waals surface area contributed by atoms with E-state index < -0.39 is 17.7 Å². The van der Waals surface area contributed by atoms with Gasteiger partial charge in [-0.1, -0.05) is 36.4 Å². The predicted molar refractivity (Wildman–Crippen MR) is 196 cm³/mol. The van der Waals surface area contributed by atoms with Gasteiger partial charge in [0.05, 0.1) is 28.1 Å². The van der Waals surface area contributed by atoms with Gasteiger partial charge in [0.1, 0.15) is 6.61 Å². The lowest BCUT2D eigenvalue weighted by Gasteiger charge is -2.25. The Kier molecular flexibility index (Phi) is 10.1. The first-order valence-corrected chi connectivity index (χ1v) is 17.6. The summed E-state index contributed by atoms with van der Waals surface area (Å²) in [6.45, 7) is 3.73. The largest absolute Gasteiger partial charge is 0.457 e. The van der Waals surface area contributed by atoms with Gasteiger partial charge in [0.15, 0.2) is 17.0 Å². The number of carbonyl (C=O) groups is 2. The van der Waals surface area contributed by atoms with Crippen LogP contribution in [0.5, 0.6) is 0 Å². The van der Waals surface area contributed by atoms with E-state index in [4.69, 9.17) is 4.74 Å². The van der Waals surface area contributed by atoms with Crippen molar-refractivity contribution in [2.75, 3.05) is 0 Å². The minimum Gasteiger partial charge on any atom is -0.457 e. The van der Waals surface area contributed by atoms with Crippen molar-refractivity contribution in [1.82, 2.24) is 25.3 Å². The summed E-state index contributed by atoms with van der Waals surface area (Å²) in [7, 11) is 0. The van der Waals surface area contributed by atoms with E-state index in [9.17, 15) is 22.8 Å². The second-order valence-electron chi connectivity index (χ2n) is 13.5. The monoisotopic (exact) mass is 731 g/mol. The van der Waals surface area contributed by atoms with Gasteiger partial charge in [-0.3, -0.25) is 4.79 Å². The zero-order chi connectivity index (χ0) is 37.9. The maximum Gasteiger partial charge on any atom is 0.416 e. The number of hydrogen-bond donors (Lipinski definition) is 1. The van der Waals surface area contributed by atoms with E-state index in [2.05, 4.69) is 59.7 Å². The van der Waals surface area contributed by atoms with Gasteiger partial charge in [0, 0.05) is 29.7 Å². The van der Waals surface area contributed by atoms with E-state index in [0.29, 0.717) is 46.1 Å². The molecule has 0 unspecified atom stereocenters. The number of fused-ring (bicyclic) bond motifs is 2. The Morgan fingerprint density at radius 1 is 0.778 bits per heavy atom. The lowest BCUT2D eigenvalue weighted by atomic mass is 9.80. The van der Waals surface area contributed by atoms with Crippen LogP contribution in [-0.4, -0.2) is 37.5 Å². The molecule has 0 saturated heterocycles. The van der Waals surface area contributed by atoms with Gasteiger partial charge in [0.25, 0.3) is 5.91 Å². The molecule has 1 fully saturated rings. The molecule has 4 aromatic heterocycles. The summed E-state index contributed by atoms with van der Waals surface area (Å²) in [5.41, 5.74) is 5.09. The number of halogens is 3. The highest BCUT2D eigenvalue weighted by Crippen LogP contribution is 2.47. The first-order chi connectivity index (χ1) is 26.0. The van der Waals surface area contributed by atoms with Gasteiger partial charge in [-0.05, 0) is 111 Å². The first-order valence-electron chi connectivity index (χ1n) is 17.6. The van der Waals surface area contributed by atoms with Crippen LogP contribution in [0.1, 0.15) is 86.0 Å². The molecule has 274 valence electrons. The van der Waals surface area contributed by atoms with Gasteiger partial charge in [-0.2, -0.15) is 23.4 Å². The molecule has 1 N–H and O–H groups in total. The zero-order valence-corrected chi connectivity index (χ0v) is 29.6. The van der Waals surface area contributed by atoms with Gasteiger partial charge < -0.3 is 10.1 Å². The van der Waals surface area contributed by atoms with E-state index in [1.165, 1.54) is 17.7 Å². The average molecular weight is 732 g/mol. The van der Waals surface area contributed by atoms with Gasteiger partial charge >= 0.3 is 12.1 Å². The standard InChI is InChI=1S/C23H23N5O.C18H13F3N2O2/c1-15-20(13-19-3-2-12-24-21(19)26-15)22(29)25-14-16-4-6-17(7-5-16)18-8-10-23(11-9-18)27-28-23;1-11-15(9-13-5-3-7-22-16(13)23-11)17(24)25-10-12-4-2-6-14(8-12)18(19,20)21/h2-7,12-13,18H,8-11,14H2,1H3,(H,25,29);2-9H,10H2,1H3. The van der Waals surface area contributed by atoms with Crippen LogP contribution in [0.15, 0.2) is 108 Å². The van der Waals surface area contributed by atoms with E-state index in [0.717, 1.165) is 48.8 Å². The Bertz CT molecular complexity index is 2370. The Hall–Kier alpha value is -6.11. The van der Waals surface area contributed by atoms with E-state index >= 15 is 0 Å². The van der Waals surface area contributed by atoms with Gasteiger partial charge in [0.2, 0.25) is 0 Å². The molecule has 2 aromatic carbocycles. The molecule has 10 nitrogen and oxygen atoms in total. The Morgan fingerprint density at radius 3 is 2.00 bits per heavy atom. The normalized spacial score (nSPS) is 14.8. The second kappa shape index (κ2) is 15.1. The van der Waals surface area contributed by atoms with E-state index in [-0.39, 0.29) is 29.3 Å². The number of nitrogens with zero attached hydrogens (tertiary/aromatic N) is 6. The van der Waals surface area contributed by atoms with Crippen molar-refractivity contribution in [2.24, 2.45) is 10.2 Å². The van der Waals surface area contributed by atoms with Crippen molar-refractivity contribution in [3.05, 3.63) is 142 Å². The summed E-state index contributed by atoms with van der Waals surface area (Å²) in [4.78, 5) is 42.0. The Morgan fingerprint density at radius 2 is 1.39 bits per heavy atom. The molecule has 0 atom stereocenters. The van der Waals surface area contributed by atoms with Crippen LogP contribution in [0.25, 0.3) is 22.1 Å². The summed E-state index contributed by atoms with van der Waals surface area (Å²) in [5, 5.41) is 13.0. The minimum atomic E-state index is -4.44. The number of aromatic nitrogens is 4. The quantitative estimate of drug-likeness (QED) is 0.162. The number of esters is 1. The molecular weight excluding hydrogens is 695 g/mol. The van der Waals surface area contributed by atoms with Crippen LogP contribution in [0.2, 0.25) is 0 Å². The molecule has 13 heteroatoms. The number of ether oxygens (including phenoxy) is 1. The number of nitrogens with one attached hydrogen (secondary N) is 1. The number of amides is 1. The maximum absolute atomic E-state index is 12.7. The van der Waals surface area contributed by atoms with E-state index in [1.54, 1.807) is 37.5 Å². The summed E-state index contributed by atoms with van der Waals surface area (Å²) >= 11 is 0. The number of pyridine rings is 4. The molecule has 8 rings (SSSR count). The zero-order valence-electron chi connectivity index (χ0n) is 29.6. The van der Waals surface area contributed by atoms with Crippen molar-refractivity contribution >= 4 is 33.9 Å². The first kappa shape index (κ1) is 36.3. The molecule has 1 amide bonds. The number of benzene rings is 2. The molecule has 5 heterocycles. The molecule has 1 aliphatic carbocycles. The maximum atomic E-state index is 12.7. The molecular formula is C41H36F3N7O3. The summed E-state index contributed by atoms with van der Waals surface area (Å²) in [5.74, 6) is -0.164. The SMILES string of the molecule is Cc1nc2ncccc2cc1C(=O)NCc1ccc(C2CCC3(CC2)N=N3)cc1.Cc1nc2ncccc2cc1C(=O)OCc1cccc(C(F)(F)F)c1.